The summed E-state index contributed by atoms with van der Waals surface area (Å²) < 4.78 is 27.4. The molecule has 0 saturated carbocycles. The minimum atomic E-state index is -0.594. The lowest BCUT2D eigenvalue weighted by Crippen LogP contribution is -2.46. The van der Waals surface area contributed by atoms with Crippen molar-refractivity contribution < 1.29 is 8.78 Å². The second-order valence-corrected chi connectivity index (χ2v) is 7.08. The van der Waals surface area contributed by atoms with Crippen LogP contribution < -0.4 is 4.90 Å². The number of halogens is 2. The number of hydrogen-bond acceptors (Lipinski definition) is 5. The third kappa shape index (κ3) is 3.73. The number of benzene rings is 1. The SMILES string of the molecule is Cc1cnc(C)c(N2CCN(Cc3cn[nH]c3-c3ccc(F)cc3F)CC2)n1. The Kier molecular flexibility index (Phi) is 5.04. The van der Waals surface area contributed by atoms with Gasteiger partial charge in [0.2, 0.25) is 0 Å². The van der Waals surface area contributed by atoms with Crippen LogP contribution in [0.3, 0.4) is 0 Å². The van der Waals surface area contributed by atoms with Gasteiger partial charge in [-0.2, -0.15) is 5.10 Å². The molecule has 1 aromatic carbocycles. The standard InChI is InChI=1S/C20H22F2N6/c1-13-10-23-14(2)20(25-13)28-7-5-27(6-8-28)12-15-11-24-26-19(15)17-4-3-16(21)9-18(17)22/h3-4,9-11H,5-8,12H2,1-2H3,(H,24,26). The van der Waals surface area contributed by atoms with Crippen molar-refractivity contribution in [3.05, 3.63) is 59.2 Å². The molecular weight excluding hydrogens is 362 g/mol. The topological polar surface area (TPSA) is 60.9 Å². The first-order valence-corrected chi connectivity index (χ1v) is 9.26. The molecule has 0 unspecified atom stereocenters. The third-order valence-electron chi connectivity index (χ3n) is 5.03. The van der Waals surface area contributed by atoms with Crippen molar-refractivity contribution in [1.82, 2.24) is 25.1 Å². The molecule has 0 amide bonds. The van der Waals surface area contributed by atoms with Crippen LogP contribution in [-0.2, 0) is 6.54 Å². The normalized spacial score (nSPS) is 15.2. The van der Waals surface area contributed by atoms with Gasteiger partial charge in [0.15, 0.2) is 0 Å². The van der Waals surface area contributed by atoms with Crippen molar-refractivity contribution in [2.75, 3.05) is 31.1 Å². The van der Waals surface area contributed by atoms with Crippen LogP contribution in [0.15, 0.2) is 30.6 Å². The van der Waals surface area contributed by atoms with Gasteiger partial charge in [0, 0.05) is 56.1 Å². The van der Waals surface area contributed by atoms with Crippen LogP contribution >= 0.6 is 0 Å². The lowest BCUT2D eigenvalue weighted by atomic mass is 10.1. The van der Waals surface area contributed by atoms with Gasteiger partial charge in [0.05, 0.1) is 23.3 Å². The lowest BCUT2D eigenvalue weighted by Gasteiger charge is -2.35. The van der Waals surface area contributed by atoms with E-state index in [-0.39, 0.29) is 0 Å². The molecule has 146 valence electrons. The first kappa shape index (κ1) is 18.5. The van der Waals surface area contributed by atoms with Gasteiger partial charge in [-0.25, -0.2) is 13.8 Å². The molecule has 3 heterocycles. The fourth-order valence-electron chi connectivity index (χ4n) is 3.54. The van der Waals surface area contributed by atoms with Crippen molar-refractivity contribution >= 4 is 5.82 Å². The summed E-state index contributed by atoms with van der Waals surface area (Å²) >= 11 is 0. The molecule has 1 fully saturated rings. The van der Waals surface area contributed by atoms with E-state index in [0.717, 1.165) is 55.0 Å². The Balaban J connectivity index is 1.45. The summed E-state index contributed by atoms with van der Waals surface area (Å²) in [5, 5.41) is 6.92. The number of piperazine rings is 1. The average molecular weight is 384 g/mol. The predicted octanol–water partition coefficient (Wildman–Crippen LogP) is 3.08. The molecule has 1 aliphatic heterocycles. The molecule has 1 aliphatic rings. The average Bonchev–Trinajstić information content (AvgIpc) is 3.12. The molecule has 28 heavy (non-hydrogen) atoms. The molecule has 4 rings (SSSR count). The maximum absolute atomic E-state index is 14.2. The second kappa shape index (κ2) is 7.63. The number of aromatic amines is 1. The minimum Gasteiger partial charge on any atom is -0.353 e. The fourth-order valence-corrected chi connectivity index (χ4v) is 3.54. The highest BCUT2D eigenvalue weighted by molar-refractivity contribution is 5.63. The lowest BCUT2D eigenvalue weighted by molar-refractivity contribution is 0.249. The molecule has 8 heteroatoms. The number of nitrogens with one attached hydrogen (secondary N) is 1. The smallest absolute Gasteiger partial charge is 0.150 e. The van der Waals surface area contributed by atoms with Crippen molar-refractivity contribution in [3.63, 3.8) is 0 Å². The Bertz CT molecular complexity index is 979. The highest BCUT2D eigenvalue weighted by Gasteiger charge is 2.22. The van der Waals surface area contributed by atoms with E-state index in [1.54, 1.807) is 12.4 Å². The summed E-state index contributed by atoms with van der Waals surface area (Å²) in [6.07, 6.45) is 3.49. The van der Waals surface area contributed by atoms with E-state index in [4.69, 9.17) is 0 Å². The monoisotopic (exact) mass is 384 g/mol. The van der Waals surface area contributed by atoms with Gasteiger partial charge in [0.25, 0.3) is 0 Å². The van der Waals surface area contributed by atoms with E-state index >= 15 is 0 Å². The molecule has 1 saturated heterocycles. The summed E-state index contributed by atoms with van der Waals surface area (Å²) in [6.45, 7) is 7.96. The van der Waals surface area contributed by atoms with Gasteiger partial charge in [-0.1, -0.05) is 0 Å². The van der Waals surface area contributed by atoms with Gasteiger partial charge >= 0.3 is 0 Å². The van der Waals surface area contributed by atoms with Gasteiger partial charge in [-0.15, -0.1) is 0 Å². The zero-order chi connectivity index (χ0) is 19.7. The quantitative estimate of drug-likeness (QED) is 0.749. The van der Waals surface area contributed by atoms with E-state index in [1.165, 1.54) is 12.1 Å². The molecule has 6 nitrogen and oxygen atoms in total. The Morgan fingerprint density at radius 3 is 2.61 bits per heavy atom. The van der Waals surface area contributed by atoms with Crippen molar-refractivity contribution in [3.8, 4) is 11.3 Å². The first-order valence-electron chi connectivity index (χ1n) is 9.26. The Hall–Kier alpha value is -2.87. The van der Waals surface area contributed by atoms with E-state index in [1.807, 2.05) is 13.8 Å². The number of hydrogen-bond donors (Lipinski definition) is 1. The zero-order valence-corrected chi connectivity index (χ0v) is 15.9. The molecular formula is C20H22F2N6. The second-order valence-electron chi connectivity index (χ2n) is 7.08. The van der Waals surface area contributed by atoms with E-state index in [2.05, 4.69) is 30.0 Å². The van der Waals surface area contributed by atoms with Crippen LogP contribution in [0.1, 0.15) is 17.0 Å². The third-order valence-corrected chi connectivity index (χ3v) is 5.03. The van der Waals surface area contributed by atoms with Crippen LogP contribution in [0.2, 0.25) is 0 Å². The predicted molar refractivity (Wildman–Crippen MR) is 103 cm³/mol. The fraction of sp³-hybridized carbons (Fsp3) is 0.350. The number of aryl methyl sites for hydroxylation is 2. The first-order chi connectivity index (χ1) is 13.5. The molecule has 0 atom stereocenters. The Morgan fingerprint density at radius 1 is 1.07 bits per heavy atom. The molecule has 0 bridgehead atoms. The Labute approximate surface area is 162 Å². The number of anilines is 1. The van der Waals surface area contributed by atoms with Gasteiger partial charge in [-0.3, -0.25) is 15.0 Å². The van der Waals surface area contributed by atoms with E-state index < -0.39 is 11.6 Å². The summed E-state index contributed by atoms with van der Waals surface area (Å²) in [6, 6.07) is 3.59. The van der Waals surface area contributed by atoms with Crippen molar-refractivity contribution in [2.24, 2.45) is 0 Å². The van der Waals surface area contributed by atoms with E-state index in [9.17, 15) is 8.78 Å². The van der Waals surface area contributed by atoms with Crippen LogP contribution in [0.25, 0.3) is 11.3 Å². The summed E-state index contributed by atoms with van der Waals surface area (Å²) in [5.41, 5.74) is 3.67. The van der Waals surface area contributed by atoms with E-state index in [0.29, 0.717) is 17.8 Å². The maximum Gasteiger partial charge on any atom is 0.150 e. The largest absolute Gasteiger partial charge is 0.353 e. The number of nitrogens with zero attached hydrogens (tertiary/aromatic N) is 5. The van der Waals surface area contributed by atoms with Crippen LogP contribution in [-0.4, -0.2) is 51.2 Å². The summed E-state index contributed by atoms with van der Waals surface area (Å²) in [4.78, 5) is 13.6. The van der Waals surface area contributed by atoms with Gasteiger partial charge in [-0.05, 0) is 26.0 Å². The maximum atomic E-state index is 14.2. The van der Waals surface area contributed by atoms with Gasteiger partial charge < -0.3 is 4.90 Å². The molecule has 0 spiro atoms. The number of aromatic nitrogens is 4. The molecule has 0 aliphatic carbocycles. The van der Waals surface area contributed by atoms with Crippen LogP contribution in [0.4, 0.5) is 14.6 Å². The summed E-state index contributed by atoms with van der Waals surface area (Å²) in [7, 11) is 0. The number of rotatable bonds is 4. The highest BCUT2D eigenvalue weighted by atomic mass is 19.1. The van der Waals surface area contributed by atoms with Crippen LogP contribution in [0, 0.1) is 25.5 Å². The molecule has 0 radical (unpaired) electrons. The minimum absolute atomic E-state index is 0.332. The van der Waals surface area contributed by atoms with Crippen molar-refractivity contribution in [1.29, 1.82) is 0 Å². The van der Waals surface area contributed by atoms with Crippen molar-refractivity contribution in [2.45, 2.75) is 20.4 Å². The highest BCUT2D eigenvalue weighted by Crippen LogP contribution is 2.26. The Morgan fingerprint density at radius 2 is 1.86 bits per heavy atom. The molecule has 3 aromatic rings. The number of H-pyrrole nitrogens is 1. The van der Waals surface area contributed by atoms with Gasteiger partial charge in [0.1, 0.15) is 17.5 Å². The molecule has 2 aromatic heterocycles. The molecule has 1 N–H and O–H groups in total. The zero-order valence-electron chi connectivity index (χ0n) is 15.9. The summed E-state index contributed by atoms with van der Waals surface area (Å²) in [5.74, 6) is -0.242. The van der Waals surface area contributed by atoms with Crippen LogP contribution in [0.5, 0.6) is 0 Å².